The van der Waals surface area contributed by atoms with E-state index in [4.69, 9.17) is 19.8 Å². The lowest BCUT2D eigenvalue weighted by Crippen LogP contribution is -2.65. The second kappa shape index (κ2) is 5.24. The van der Waals surface area contributed by atoms with Crippen LogP contribution >= 0.6 is 0 Å². The Bertz CT molecular complexity index is 695. The molecule has 6 atom stereocenters. The summed E-state index contributed by atoms with van der Waals surface area (Å²) in [6, 6.07) is 8.27. The molecule has 1 unspecified atom stereocenters. The molecule has 1 aromatic rings. The monoisotopic (exact) mass is 341 g/mol. The third-order valence-corrected chi connectivity index (χ3v) is 7.67. The van der Waals surface area contributed by atoms with Crippen molar-refractivity contribution in [3.8, 4) is 5.75 Å². The van der Waals surface area contributed by atoms with E-state index in [1.54, 1.807) is 0 Å². The van der Waals surface area contributed by atoms with Crippen molar-refractivity contribution in [2.75, 3.05) is 6.61 Å². The van der Waals surface area contributed by atoms with Gasteiger partial charge in [0.15, 0.2) is 0 Å². The molecule has 0 spiro atoms. The van der Waals surface area contributed by atoms with Crippen molar-refractivity contribution >= 4 is 7.12 Å². The van der Waals surface area contributed by atoms with Gasteiger partial charge in [-0.05, 0) is 49.5 Å². The molecular weight excluding hydrogens is 313 g/mol. The molecule has 134 valence electrons. The summed E-state index contributed by atoms with van der Waals surface area (Å²) in [7, 11) is -0.294. The fourth-order valence-electron chi connectivity index (χ4n) is 5.95. The molecule has 2 bridgehead atoms. The van der Waals surface area contributed by atoms with E-state index in [-0.39, 0.29) is 24.8 Å². The van der Waals surface area contributed by atoms with Gasteiger partial charge in [-0.2, -0.15) is 0 Å². The Morgan fingerprint density at radius 3 is 2.84 bits per heavy atom. The summed E-state index contributed by atoms with van der Waals surface area (Å²) in [5, 5.41) is 0. The molecule has 2 aliphatic heterocycles. The first-order valence-electron chi connectivity index (χ1n) is 9.70. The molecule has 1 saturated heterocycles. The van der Waals surface area contributed by atoms with Gasteiger partial charge in [-0.3, -0.25) is 0 Å². The van der Waals surface area contributed by atoms with Crippen LogP contribution in [0.15, 0.2) is 24.3 Å². The molecule has 3 saturated carbocycles. The number of para-hydroxylation sites is 1. The van der Waals surface area contributed by atoms with E-state index in [1.807, 2.05) is 12.1 Å². The molecule has 5 heteroatoms. The molecule has 0 amide bonds. The first kappa shape index (κ1) is 16.2. The zero-order valence-corrected chi connectivity index (χ0v) is 15.4. The van der Waals surface area contributed by atoms with Crippen molar-refractivity contribution < 1.29 is 14.0 Å². The highest BCUT2D eigenvalue weighted by Gasteiger charge is 2.68. The van der Waals surface area contributed by atoms with Crippen molar-refractivity contribution in [1.82, 2.24) is 0 Å². The van der Waals surface area contributed by atoms with Crippen LogP contribution in [-0.4, -0.2) is 31.4 Å². The minimum atomic E-state index is -0.294. The SMILES string of the molecule is CC1(C)[C@@H]2C[C@H]3OB([C@H](N)CC4COc5ccccc54)O[C@@]3(C)[C@H]1C2. The van der Waals surface area contributed by atoms with Crippen LogP contribution < -0.4 is 10.5 Å². The van der Waals surface area contributed by atoms with Crippen LogP contribution in [0.1, 0.15) is 51.5 Å². The number of ether oxygens (including phenoxy) is 1. The second-order valence-electron chi connectivity index (χ2n) is 9.28. The standard InChI is InChI=1S/C20H28BNO3/c1-19(2)13-9-16(19)20(3)17(10-13)24-21(25-20)18(22)8-12-11-23-15-7-5-4-6-14(12)15/h4-7,12-13,16-18H,8-11,22H2,1-3H3/t12?,13-,16-,17+,18+,20-/m0/s1. The molecule has 1 aromatic carbocycles. The molecule has 4 fully saturated rings. The molecule has 5 aliphatic rings. The number of nitrogens with two attached hydrogens (primary N) is 1. The fourth-order valence-corrected chi connectivity index (χ4v) is 5.95. The maximum atomic E-state index is 6.55. The molecular formula is C20H28BNO3. The van der Waals surface area contributed by atoms with Crippen molar-refractivity contribution in [1.29, 1.82) is 0 Å². The van der Waals surface area contributed by atoms with Gasteiger partial charge in [0.2, 0.25) is 0 Å². The number of hydrogen-bond acceptors (Lipinski definition) is 4. The van der Waals surface area contributed by atoms with Gasteiger partial charge in [0, 0.05) is 17.4 Å². The molecule has 3 aliphatic carbocycles. The van der Waals surface area contributed by atoms with Crippen LogP contribution in [0.3, 0.4) is 0 Å². The molecule has 0 radical (unpaired) electrons. The summed E-state index contributed by atoms with van der Waals surface area (Å²) in [5.74, 6) is 2.55. The molecule has 2 heterocycles. The van der Waals surface area contributed by atoms with Crippen LogP contribution in [0.2, 0.25) is 0 Å². The smallest absolute Gasteiger partial charge is 0.475 e. The second-order valence-corrected chi connectivity index (χ2v) is 9.28. The van der Waals surface area contributed by atoms with Gasteiger partial charge in [0.05, 0.1) is 18.3 Å². The van der Waals surface area contributed by atoms with E-state index in [0.717, 1.165) is 24.5 Å². The van der Waals surface area contributed by atoms with E-state index in [9.17, 15) is 0 Å². The zero-order chi connectivity index (χ0) is 17.4. The Hall–Kier alpha value is -1.04. The topological polar surface area (TPSA) is 53.7 Å². The Kier molecular flexibility index (Phi) is 3.39. The molecule has 2 N–H and O–H groups in total. The van der Waals surface area contributed by atoms with E-state index < -0.39 is 0 Å². The predicted molar refractivity (Wildman–Crippen MR) is 97.4 cm³/mol. The molecule has 0 aromatic heterocycles. The summed E-state index contributed by atoms with van der Waals surface area (Å²) in [5.41, 5.74) is 8.01. The first-order chi connectivity index (χ1) is 11.9. The summed E-state index contributed by atoms with van der Waals surface area (Å²) < 4.78 is 18.6. The highest BCUT2D eigenvalue weighted by molar-refractivity contribution is 6.47. The summed E-state index contributed by atoms with van der Waals surface area (Å²) in [6.45, 7) is 7.73. The summed E-state index contributed by atoms with van der Waals surface area (Å²) in [4.78, 5) is 0. The van der Waals surface area contributed by atoms with E-state index >= 15 is 0 Å². The number of fused-ring (bicyclic) bond motifs is 1. The fraction of sp³-hybridized carbons (Fsp3) is 0.700. The van der Waals surface area contributed by atoms with Gasteiger partial charge in [0.25, 0.3) is 0 Å². The highest BCUT2D eigenvalue weighted by atomic mass is 16.7. The number of benzene rings is 1. The highest BCUT2D eigenvalue weighted by Crippen LogP contribution is 2.65. The van der Waals surface area contributed by atoms with E-state index in [1.165, 1.54) is 12.0 Å². The zero-order valence-electron chi connectivity index (χ0n) is 15.4. The third-order valence-electron chi connectivity index (χ3n) is 7.67. The average Bonchev–Trinajstić information content (AvgIpc) is 3.15. The van der Waals surface area contributed by atoms with Gasteiger partial charge >= 0.3 is 7.12 Å². The van der Waals surface area contributed by atoms with Crippen LogP contribution in [0.5, 0.6) is 5.75 Å². The lowest BCUT2D eigenvalue weighted by molar-refractivity contribution is -0.199. The average molecular weight is 341 g/mol. The minimum absolute atomic E-state index is 0.123. The van der Waals surface area contributed by atoms with Gasteiger partial charge in [-0.25, -0.2) is 0 Å². The molecule has 4 nitrogen and oxygen atoms in total. The quantitative estimate of drug-likeness (QED) is 0.858. The first-order valence-corrected chi connectivity index (χ1v) is 9.70. The van der Waals surface area contributed by atoms with Crippen LogP contribution in [0.4, 0.5) is 0 Å². The minimum Gasteiger partial charge on any atom is -0.493 e. The normalized spacial score (nSPS) is 41.5. The molecule has 25 heavy (non-hydrogen) atoms. The Morgan fingerprint density at radius 1 is 1.24 bits per heavy atom. The Labute approximate surface area is 150 Å². The van der Waals surface area contributed by atoms with Crippen LogP contribution in [-0.2, 0) is 9.31 Å². The summed E-state index contributed by atoms with van der Waals surface area (Å²) in [6.07, 6.45) is 3.42. The maximum Gasteiger partial charge on any atom is 0.475 e. The van der Waals surface area contributed by atoms with Crippen molar-refractivity contribution in [3.05, 3.63) is 29.8 Å². The van der Waals surface area contributed by atoms with Gasteiger partial charge in [-0.1, -0.05) is 32.0 Å². The van der Waals surface area contributed by atoms with Crippen molar-refractivity contribution in [2.45, 2.75) is 63.6 Å². The van der Waals surface area contributed by atoms with Crippen molar-refractivity contribution in [3.63, 3.8) is 0 Å². The van der Waals surface area contributed by atoms with Crippen molar-refractivity contribution in [2.24, 2.45) is 23.0 Å². The molecule has 6 rings (SSSR count). The van der Waals surface area contributed by atoms with Crippen LogP contribution in [0.25, 0.3) is 0 Å². The largest absolute Gasteiger partial charge is 0.493 e. The van der Waals surface area contributed by atoms with E-state index in [0.29, 0.717) is 23.9 Å². The van der Waals surface area contributed by atoms with E-state index in [2.05, 4.69) is 32.9 Å². The summed E-state index contributed by atoms with van der Waals surface area (Å²) >= 11 is 0. The number of rotatable bonds is 3. The van der Waals surface area contributed by atoms with Gasteiger partial charge in [0.1, 0.15) is 5.75 Å². The Balaban J connectivity index is 1.30. The Morgan fingerprint density at radius 2 is 2.04 bits per heavy atom. The lowest BCUT2D eigenvalue weighted by Gasteiger charge is -2.64. The lowest BCUT2D eigenvalue weighted by atomic mass is 9.43. The maximum absolute atomic E-state index is 6.55. The van der Waals surface area contributed by atoms with Crippen LogP contribution in [0, 0.1) is 17.3 Å². The van der Waals surface area contributed by atoms with Gasteiger partial charge < -0.3 is 19.8 Å². The predicted octanol–water partition coefficient (Wildman–Crippen LogP) is 3.15. The third kappa shape index (κ3) is 2.19. The number of hydrogen-bond donors (Lipinski definition) is 1. The van der Waals surface area contributed by atoms with Gasteiger partial charge in [-0.15, -0.1) is 0 Å².